The Kier molecular flexibility index (Phi) is 6.49. The Hall–Kier alpha value is -2.51. The molecule has 1 N–H and O–H groups in total. The Morgan fingerprint density at radius 2 is 1.72 bits per heavy atom. The third-order valence-corrected chi connectivity index (χ3v) is 7.04. The Morgan fingerprint density at radius 1 is 1.09 bits per heavy atom. The normalized spacial score (nSPS) is 20.9. The summed E-state index contributed by atoms with van der Waals surface area (Å²) in [7, 11) is 0. The van der Waals surface area contributed by atoms with Crippen LogP contribution in [0, 0.1) is 12.7 Å². The monoisotopic (exact) mass is 439 g/mol. The van der Waals surface area contributed by atoms with Crippen LogP contribution in [0.5, 0.6) is 0 Å². The fourth-order valence-electron chi connectivity index (χ4n) is 4.88. The molecule has 172 valence electrons. The van der Waals surface area contributed by atoms with Gasteiger partial charge < -0.3 is 10.0 Å². The van der Waals surface area contributed by atoms with Crippen molar-refractivity contribution in [1.82, 2.24) is 19.7 Å². The van der Waals surface area contributed by atoms with E-state index in [1.807, 2.05) is 6.92 Å². The van der Waals surface area contributed by atoms with Crippen LogP contribution in [0.25, 0.3) is 0 Å². The third kappa shape index (κ3) is 4.64. The molecule has 3 heterocycles. The number of hydrogen-bond donors (Lipinski definition) is 1. The van der Waals surface area contributed by atoms with Crippen molar-refractivity contribution in [1.29, 1.82) is 0 Å². The third-order valence-electron chi connectivity index (χ3n) is 7.04. The SMILES string of the molecule is C=C1CCN(c2cc(F)ccc2[C@@](O)(Cn2cnc(C)n2)C(C)N2CCC(=C)CC2)CC1. The zero-order valence-corrected chi connectivity index (χ0v) is 19.2. The van der Waals surface area contributed by atoms with Crippen molar-refractivity contribution >= 4 is 5.69 Å². The van der Waals surface area contributed by atoms with Gasteiger partial charge in [0.05, 0.1) is 6.54 Å². The Balaban J connectivity index is 1.75. The Morgan fingerprint density at radius 3 is 2.31 bits per heavy atom. The van der Waals surface area contributed by atoms with E-state index in [0.29, 0.717) is 5.82 Å². The molecule has 6 nitrogen and oxygen atoms in total. The molecule has 2 fully saturated rings. The highest BCUT2D eigenvalue weighted by Crippen LogP contribution is 2.39. The molecule has 1 aromatic carbocycles. The number of piperidine rings is 2. The summed E-state index contributed by atoms with van der Waals surface area (Å²) < 4.78 is 16.1. The van der Waals surface area contributed by atoms with Gasteiger partial charge in [0, 0.05) is 43.5 Å². The summed E-state index contributed by atoms with van der Waals surface area (Å²) in [6.07, 6.45) is 5.25. The van der Waals surface area contributed by atoms with Crippen LogP contribution in [0.3, 0.4) is 0 Å². The lowest BCUT2D eigenvalue weighted by atomic mass is 9.83. The molecular formula is C25H34FN5O. The van der Waals surface area contributed by atoms with Gasteiger partial charge in [0.2, 0.25) is 0 Å². The van der Waals surface area contributed by atoms with Gasteiger partial charge in [0.25, 0.3) is 0 Å². The summed E-state index contributed by atoms with van der Waals surface area (Å²) in [5, 5.41) is 16.8. The van der Waals surface area contributed by atoms with Crippen LogP contribution in [0.4, 0.5) is 10.1 Å². The molecule has 32 heavy (non-hydrogen) atoms. The quantitative estimate of drug-likeness (QED) is 0.694. The van der Waals surface area contributed by atoms with Crippen molar-refractivity contribution in [2.24, 2.45) is 0 Å². The summed E-state index contributed by atoms with van der Waals surface area (Å²) >= 11 is 0. The molecule has 2 atom stereocenters. The van der Waals surface area contributed by atoms with Gasteiger partial charge in [-0.3, -0.25) is 4.90 Å². The number of nitrogens with zero attached hydrogens (tertiary/aromatic N) is 5. The van der Waals surface area contributed by atoms with Crippen LogP contribution < -0.4 is 4.90 Å². The summed E-state index contributed by atoms with van der Waals surface area (Å²) in [6.45, 7) is 15.6. The largest absolute Gasteiger partial charge is 0.381 e. The van der Waals surface area contributed by atoms with Gasteiger partial charge >= 0.3 is 0 Å². The van der Waals surface area contributed by atoms with Crippen LogP contribution in [0.15, 0.2) is 48.8 Å². The molecule has 0 spiro atoms. The number of rotatable bonds is 6. The van der Waals surface area contributed by atoms with E-state index >= 15 is 0 Å². The lowest BCUT2D eigenvalue weighted by Gasteiger charge is -2.45. The van der Waals surface area contributed by atoms with E-state index in [1.54, 1.807) is 23.1 Å². The minimum atomic E-state index is -1.28. The van der Waals surface area contributed by atoms with Gasteiger partial charge in [-0.2, -0.15) is 5.10 Å². The molecule has 0 bridgehead atoms. The smallest absolute Gasteiger partial charge is 0.147 e. The van der Waals surface area contributed by atoms with E-state index in [1.165, 1.54) is 17.2 Å². The van der Waals surface area contributed by atoms with Crippen LogP contribution >= 0.6 is 0 Å². The highest BCUT2D eigenvalue weighted by atomic mass is 19.1. The summed E-state index contributed by atoms with van der Waals surface area (Å²) in [4.78, 5) is 8.73. The maximum atomic E-state index is 14.4. The predicted molar refractivity (Wildman–Crippen MR) is 125 cm³/mol. The van der Waals surface area contributed by atoms with Crippen molar-refractivity contribution in [3.05, 3.63) is 66.0 Å². The fraction of sp³-hybridized carbons (Fsp3) is 0.520. The molecule has 2 saturated heterocycles. The van der Waals surface area contributed by atoms with Crippen molar-refractivity contribution in [2.45, 2.75) is 57.7 Å². The van der Waals surface area contributed by atoms with E-state index < -0.39 is 5.60 Å². The Labute approximate surface area is 190 Å². The molecule has 2 aromatic rings. The molecule has 0 saturated carbocycles. The van der Waals surface area contributed by atoms with Crippen molar-refractivity contribution in [3.63, 3.8) is 0 Å². The van der Waals surface area contributed by atoms with Crippen LogP contribution in [-0.4, -0.2) is 57.0 Å². The van der Waals surface area contributed by atoms with Crippen LogP contribution in [-0.2, 0) is 12.1 Å². The van der Waals surface area contributed by atoms with Crippen molar-refractivity contribution in [3.8, 4) is 0 Å². The first-order valence-electron chi connectivity index (χ1n) is 11.5. The molecule has 1 unspecified atom stereocenters. The topological polar surface area (TPSA) is 57.4 Å². The lowest BCUT2D eigenvalue weighted by Crippen LogP contribution is -2.53. The molecule has 7 heteroatoms. The number of aliphatic hydroxyl groups is 1. The molecule has 1 aromatic heterocycles. The molecule has 2 aliphatic rings. The number of halogens is 1. The zero-order chi connectivity index (χ0) is 22.9. The van der Waals surface area contributed by atoms with Crippen molar-refractivity contribution < 1.29 is 9.50 Å². The molecule has 0 amide bonds. The first-order chi connectivity index (χ1) is 15.3. The number of anilines is 1. The molecular weight excluding hydrogens is 405 g/mol. The molecule has 0 aliphatic carbocycles. The highest BCUT2D eigenvalue weighted by molar-refractivity contribution is 5.57. The van der Waals surface area contributed by atoms with Gasteiger partial charge in [0.15, 0.2) is 0 Å². The number of hydrogen-bond acceptors (Lipinski definition) is 5. The second kappa shape index (κ2) is 9.16. The second-order valence-electron chi connectivity index (χ2n) is 9.27. The van der Waals surface area contributed by atoms with Gasteiger partial charge in [-0.15, -0.1) is 0 Å². The fourth-order valence-corrected chi connectivity index (χ4v) is 4.88. The number of benzene rings is 1. The summed E-state index contributed by atoms with van der Waals surface area (Å²) in [5.74, 6) is 0.358. The first kappa shape index (κ1) is 22.7. The number of aryl methyl sites for hydroxylation is 1. The van der Waals surface area contributed by atoms with Crippen LogP contribution in [0.2, 0.25) is 0 Å². The molecule has 2 aliphatic heterocycles. The summed E-state index contributed by atoms with van der Waals surface area (Å²) in [5.41, 5.74) is 2.67. The van der Waals surface area contributed by atoms with Gasteiger partial charge in [-0.1, -0.05) is 30.4 Å². The second-order valence-corrected chi connectivity index (χ2v) is 9.27. The van der Waals surface area contributed by atoms with E-state index in [2.05, 4.69) is 40.0 Å². The minimum absolute atomic E-state index is 0.205. The first-order valence-corrected chi connectivity index (χ1v) is 11.5. The Bertz CT molecular complexity index is 982. The standard InChI is InChI=1S/C25H34FN5O/c1-18-7-11-29(12-8-18)20(3)25(32,16-31-17-27-21(4)28-31)23-6-5-22(26)15-24(23)30-13-9-19(2)10-14-30/h5-6,15,17,20,32H,1-2,7-14,16H2,3-4H3/t20?,25-/m1/s1. The predicted octanol–water partition coefficient (Wildman–Crippen LogP) is 3.81. The minimum Gasteiger partial charge on any atom is -0.381 e. The van der Waals surface area contributed by atoms with E-state index in [4.69, 9.17) is 0 Å². The van der Waals surface area contributed by atoms with E-state index in [-0.39, 0.29) is 18.4 Å². The average molecular weight is 440 g/mol. The highest BCUT2D eigenvalue weighted by Gasteiger charge is 2.43. The number of likely N-dealkylation sites (tertiary alicyclic amines) is 1. The van der Waals surface area contributed by atoms with E-state index in [9.17, 15) is 9.50 Å². The van der Waals surface area contributed by atoms with Crippen LogP contribution in [0.1, 0.15) is 44.0 Å². The lowest BCUT2D eigenvalue weighted by molar-refractivity contribution is -0.0631. The molecule has 0 radical (unpaired) electrons. The van der Waals surface area contributed by atoms with E-state index in [0.717, 1.165) is 63.1 Å². The molecule has 4 rings (SSSR count). The van der Waals surface area contributed by atoms with Gasteiger partial charge in [-0.25, -0.2) is 14.1 Å². The van der Waals surface area contributed by atoms with Gasteiger partial charge in [-0.05, 0) is 51.7 Å². The zero-order valence-electron chi connectivity index (χ0n) is 19.2. The van der Waals surface area contributed by atoms with Crippen molar-refractivity contribution in [2.75, 3.05) is 31.1 Å². The number of aromatic nitrogens is 3. The average Bonchev–Trinajstić information content (AvgIpc) is 3.18. The maximum Gasteiger partial charge on any atom is 0.147 e. The summed E-state index contributed by atoms with van der Waals surface area (Å²) in [6, 6.07) is 4.55. The maximum absolute atomic E-state index is 14.4. The van der Waals surface area contributed by atoms with Gasteiger partial charge in [0.1, 0.15) is 23.6 Å².